The van der Waals surface area contributed by atoms with Gasteiger partial charge in [0.15, 0.2) is 11.1 Å². The Morgan fingerprint density at radius 1 is 1.30 bits per heavy atom. The Bertz CT molecular complexity index is 155. The van der Waals surface area contributed by atoms with E-state index in [1.165, 1.54) is 0 Å². The molecular formula is C2HCl2F3O2S. The van der Waals surface area contributed by atoms with E-state index in [1.54, 1.807) is 0 Å². The van der Waals surface area contributed by atoms with Crippen molar-refractivity contribution in [3.63, 3.8) is 0 Å². The maximum absolute atomic E-state index is 11.5. The molecule has 0 saturated heterocycles. The molecule has 0 spiro atoms. The zero-order valence-corrected chi connectivity index (χ0v) is 6.48. The first kappa shape index (κ1) is 10.5. The Balaban J connectivity index is 4.57. The topological polar surface area (TPSA) is 37.3 Å². The van der Waals surface area contributed by atoms with E-state index in [9.17, 15) is 17.4 Å². The van der Waals surface area contributed by atoms with Crippen molar-refractivity contribution in [3.8, 4) is 0 Å². The average Bonchev–Trinajstić information content (AvgIpc) is 1.62. The van der Waals surface area contributed by atoms with E-state index < -0.39 is 20.9 Å². The predicted molar refractivity (Wildman–Crippen MR) is 31.3 cm³/mol. The second-order valence-corrected chi connectivity index (χ2v) is 4.15. The predicted octanol–water partition coefficient (Wildman–Crippen LogP) is 1.90. The molecule has 0 aromatic heterocycles. The van der Waals surface area contributed by atoms with Gasteiger partial charge in [0, 0.05) is 0 Å². The summed E-state index contributed by atoms with van der Waals surface area (Å²) in [6, 6.07) is 0. The van der Waals surface area contributed by atoms with Gasteiger partial charge >= 0.3 is 9.84 Å². The molecule has 10 heavy (non-hydrogen) atoms. The zero-order valence-electron chi connectivity index (χ0n) is 4.15. The first-order valence-electron chi connectivity index (χ1n) is 1.75. The number of halogens is 5. The van der Waals surface area contributed by atoms with Crippen LogP contribution in [0.1, 0.15) is 0 Å². The summed E-state index contributed by atoms with van der Waals surface area (Å²) in [5.41, 5.74) is 0. The third-order valence-electron chi connectivity index (χ3n) is 0.549. The van der Waals surface area contributed by atoms with Crippen molar-refractivity contribution in [2.75, 3.05) is 0 Å². The molecule has 0 bridgehead atoms. The van der Waals surface area contributed by atoms with E-state index in [-0.39, 0.29) is 0 Å². The molecule has 0 aromatic rings. The van der Waals surface area contributed by atoms with Crippen molar-refractivity contribution in [1.29, 1.82) is 0 Å². The van der Waals surface area contributed by atoms with Gasteiger partial charge in [-0.05, 0) is 0 Å². The highest BCUT2D eigenvalue weighted by molar-refractivity contribution is 7.84. The highest BCUT2D eigenvalue weighted by atomic mass is 35.5. The molecule has 0 heterocycles. The van der Waals surface area contributed by atoms with Crippen LogP contribution in [-0.4, -0.2) is 18.6 Å². The molecule has 1 N–H and O–H groups in total. The molecule has 0 aliphatic heterocycles. The van der Waals surface area contributed by atoms with Gasteiger partial charge in [-0.3, -0.25) is 0 Å². The first-order valence-corrected chi connectivity index (χ1v) is 3.61. The summed E-state index contributed by atoms with van der Waals surface area (Å²) in [6.45, 7) is 0. The third-order valence-corrected chi connectivity index (χ3v) is 2.44. The zero-order chi connectivity index (χ0) is 8.58. The molecule has 1 unspecified atom stereocenters. The first-order chi connectivity index (χ1) is 4.19. The summed E-state index contributed by atoms with van der Waals surface area (Å²) in [5.74, 6) is 0. The van der Waals surface area contributed by atoms with Gasteiger partial charge in [-0.2, -0.15) is 13.2 Å². The lowest BCUT2D eigenvalue weighted by atomic mass is 10.8. The van der Waals surface area contributed by atoms with Gasteiger partial charge in [0.25, 0.3) is 0 Å². The fourth-order valence-electron chi connectivity index (χ4n) is 0.0990. The maximum Gasteiger partial charge on any atom is 0.436 e. The summed E-state index contributed by atoms with van der Waals surface area (Å²) in [6.07, 6.45) is -5.10. The Hall–Kier alpha value is 0.480. The minimum Gasteiger partial charge on any atom is -0.304 e. The van der Waals surface area contributed by atoms with Gasteiger partial charge < -0.3 is 4.55 Å². The Labute approximate surface area is 66.6 Å². The molecular weight excluding hydrogens is 216 g/mol. The molecule has 0 fully saturated rings. The Morgan fingerprint density at radius 3 is 1.60 bits per heavy atom. The quantitative estimate of drug-likeness (QED) is 0.537. The largest absolute Gasteiger partial charge is 0.436 e. The van der Waals surface area contributed by atoms with Crippen LogP contribution in [-0.2, 0) is 11.1 Å². The van der Waals surface area contributed by atoms with E-state index in [0.717, 1.165) is 0 Å². The highest BCUT2D eigenvalue weighted by Gasteiger charge is 2.58. The highest BCUT2D eigenvalue weighted by Crippen LogP contribution is 2.41. The molecule has 0 aliphatic carbocycles. The van der Waals surface area contributed by atoms with E-state index in [1.807, 2.05) is 0 Å². The van der Waals surface area contributed by atoms with E-state index in [2.05, 4.69) is 23.2 Å². The van der Waals surface area contributed by atoms with Gasteiger partial charge in [0.1, 0.15) is 0 Å². The van der Waals surface area contributed by atoms with E-state index >= 15 is 0 Å². The number of rotatable bonds is 1. The Morgan fingerprint density at radius 2 is 1.60 bits per heavy atom. The number of alkyl halides is 5. The molecule has 62 valence electrons. The Kier molecular flexibility index (Phi) is 2.98. The minimum absolute atomic E-state index is 3.34. The number of hydrogen-bond donors (Lipinski definition) is 1. The second-order valence-electron chi connectivity index (χ2n) is 1.26. The van der Waals surface area contributed by atoms with Crippen LogP contribution in [0.2, 0.25) is 0 Å². The van der Waals surface area contributed by atoms with Crippen LogP contribution in [0.4, 0.5) is 13.2 Å². The van der Waals surface area contributed by atoms with Crippen molar-refractivity contribution < 1.29 is 21.9 Å². The van der Waals surface area contributed by atoms with Crippen LogP contribution in [0, 0.1) is 0 Å². The van der Waals surface area contributed by atoms with Crippen LogP contribution in [0.25, 0.3) is 0 Å². The van der Waals surface area contributed by atoms with Crippen LogP contribution in [0.5, 0.6) is 0 Å². The lowest BCUT2D eigenvalue weighted by molar-refractivity contribution is -0.124. The number of hydrogen-bond acceptors (Lipinski definition) is 1. The van der Waals surface area contributed by atoms with Crippen molar-refractivity contribution in [2.45, 2.75) is 9.84 Å². The summed E-state index contributed by atoms with van der Waals surface area (Å²) < 4.78 is 48.5. The maximum atomic E-state index is 11.5. The third kappa shape index (κ3) is 1.98. The lowest BCUT2D eigenvalue weighted by Crippen LogP contribution is -2.37. The standard InChI is InChI=1S/C2HCl2F3O2S/c3-1(4,10(8)9)2(5,6)7/h(H,8,9). The fraction of sp³-hybridized carbons (Fsp3) is 1.00. The molecule has 2 nitrogen and oxygen atoms in total. The van der Waals surface area contributed by atoms with Crippen LogP contribution in [0.3, 0.4) is 0 Å². The normalized spacial score (nSPS) is 17.0. The van der Waals surface area contributed by atoms with E-state index in [4.69, 9.17) is 4.55 Å². The van der Waals surface area contributed by atoms with Crippen molar-refractivity contribution in [2.24, 2.45) is 0 Å². The second kappa shape index (κ2) is 2.84. The smallest absolute Gasteiger partial charge is 0.304 e. The van der Waals surface area contributed by atoms with Crippen molar-refractivity contribution in [3.05, 3.63) is 0 Å². The molecule has 0 aromatic carbocycles. The molecule has 0 radical (unpaired) electrons. The van der Waals surface area contributed by atoms with Crippen molar-refractivity contribution in [1.82, 2.24) is 0 Å². The molecule has 0 rings (SSSR count). The summed E-state index contributed by atoms with van der Waals surface area (Å²) in [4.78, 5) is 0. The van der Waals surface area contributed by atoms with Gasteiger partial charge in [-0.25, -0.2) is 4.21 Å². The SMILES string of the molecule is O=S(O)C(Cl)(Cl)C(F)(F)F. The molecule has 1 atom stereocenters. The average molecular weight is 217 g/mol. The van der Waals surface area contributed by atoms with Gasteiger partial charge in [0.05, 0.1) is 0 Å². The summed E-state index contributed by atoms with van der Waals surface area (Å²) in [5, 5.41) is 0. The monoisotopic (exact) mass is 216 g/mol. The van der Waals surface area contributed by atoms with Gasteiger partial charge in [0.2, 0.25) is 0 Å². The summed E-state index contributed by atoms with van der Waals surface area (Å²) in [7, 11) is 0. The van der Waals surface area contributed by atoms with Gasteiger partial charge in [-0.1, -0.05) is 23.2 Å². The molecule has 0 saturated carbocycles. The van der Waals surface area contributed by atoms with Crippen molar-refractivity contribution >= 4 is 34.3 Å². The minimum atomic E-state index is -5.10. The summed E-state index contributed by atoms with van der Waals surface area (Å²) >= 11 is 5.54. The van der Waals surface area contributed by atoms with Crippen LogP contribution in [0.15, 0.2) is 0 Å². The van der Waals surface area contributed by atoms with Gasteiger partial charge in [-0.15, -0.1) is 0 Å². The molecule has 8 heteroatoms. The molecule has 0 aliphatic rings. The molecule has 0 amide bonds. The van der Waals surface area contributed by atoms with Crippen LogP contribution >= 0.6 is 23.2 Å². The van der Waals surface area contributed by atoms with Crippen LogP contribution < -0.4 is 0 Å². The fourth-order valence-corrected chi connectivity index (χ4v) is 0.297. The van der Waals surface area contributed by atoms with E-state index in [0.29, 0.717) is 0 Å². The lowest BCUT2D eigenvalue weighted by Gasteiger charge is -2.17.